The summed E-state index contributed by atoms with van der Waals surface area (Å²) >= 11 is 1.71. The van der Waals surface area contributed by atoms with Crippen LogP contribution < -0.4 is 11.3 Å². The van der Waals surface area contributed by atoms with Gasteiger partial charge in [-0.2, -0.15) is 0 Å². The highest BCUT2D eigenvalue weighted by Crippen LogP contribution is 2.34. The second-order valence-electron chi connectivity index (χ2n) is 3.53. The van der Waals surface area contributed by atoms with Gasteiger partial charge in [0.2, 0.25) is 0 Å². The highest BCUT2D eigenvalue weighted by atomic mass is 32.1. The molecule has 0 saturated heterocycles. The summed E-state index contributed by atoms with van der Waals surface area (Å²) in [5.41, 5.74) is 3.92. The lowest BCUT2D eigenvalue weighted by atomic mass is 10.1. The SMILES string of the molecule is NNCc1nc(C2CCCC2)cs1. The average molecular weight is 197 g/mol. The molecule has 4 heteroatoms. The topological polar surface area (TPSA) is 50.9 Å². The van der Waals surface area contributed by atoms with E-state index in [9.17, 15) is 0 Å². The molecular weight excluding hydrogens is 182 g/mol. The number of nitrogens with two attached hydrogens (primary N) is 1. The first-order valence-electron chi connectivity index (χ1n) is 4.78. The molecule has 1 fully saturated rings. The van der Waals surface area contributed by atoms with E-state index in [0.29, 0.717) is 6.54 Å². The van der Waals surface area contributed by atoms with Crippen LogP contribution in [0.4, 0.5) is 0 Å². The molecule has 1 aromatic heterocycles. The standard InChI is InChI=1S/C9H15N3S/c10-11-5-9-12-8(6-13-9)7-3-1-2-4-7/h6-7,11H,1-5,10H2. The third kappa shape index (κ3) is 2.07. The molecule has 1 aliphatic carbocycles. The Bertz CT molecular complexity index is 266. The summed E-state index contributed by atoms with van der Waals surface area (Å²) in [6, 6.07) is 0. The predicted molar refractivity (Wildman–Crippen MR) is 54.4 cm³/mol. The normalized spacial score (nSPS) is 18.2. The van der Waals surface area contributed by atoms with E-state index in [1.807, 2.05) is 0 Å². The van der Waals surface area contributed by atoms with Crippen molar-refractivity contribution in [1.29, 1.82) is 0 Å². The molecule has 0 amide bonds. The quantitative estimate of drug-likeness (QED) is 0.573. The van der Waals surface area contributed by atoms with Crippen molar-refractivity contribution in [3.05, 3.63) is 16.1 Å². The summed E-state index contributed by atoms with van der Waals surface area (Å²) in [5.74, 6) is 5.96. The summed E-state index contributed by atoms with van der Waals surface area (Å²) in [6.45, 7) is 0.692. The van der Waals surface area contributed by atoms with Crippen LogP contribution in [0.25, 0.3) is 0 Å². The van der Waals surface area contributed by atoms with Crippen molar-refractivity contribution in [2.45, 2.75) is 38.1 Å². The Kier molecular flexibility index (Phi) is 2.93. The van der Waals surface area contributed by atoms with E-state index < -0.39 is 0 Å². The summed E-state index contributed by atoms with van der Waals surface area (Å²) in [6.07, 6.45) is 5.37. The van der Waals surface area contributed by atoms with Crippen molar-refractivity contribution in [3.8, 4) is 0 Å². The van der Waals surface area contributed by atoms with Gasteiger partial charge in [-0.05, 0) is 12.8 Å². The van der Waals surface area contributed by atoms with Gasteiger partial charge in [0.15, 0.2) is 0 Å². The molecule has 0 aromatic carbocycles. The Morgan fingerprint density at radius 3 is 3.00 bits per heavy atom. The minimum atomic E-state index is 0.692. The molecule has 1 saturated carbocycles. The minimum absolute atomic E-state index is 0.692. The van der Waals surface area contributed by atoms with E-state index in [1.165, 1.54) is 31.4 Å². The molecule has 3 N–H and O–H groups in total. The third-order valence-corrected chi connectivity index (χ3v) is 3.46. The van der Waals surface area contributed by atoms with Crippen LogP contribution in [0.3, 0.4) is 0 Å². The number of hydrazine groups is 1. The Balaban J connectivity index is 2.03. The van der Waals surface area contributed by atoms with Gasteiger partial charge in [-0.25, -0.2) is 4.98 Å². The van der Waals surface area contributed by atoms with E-state index in [1.54, 1.807) is 11.3 Å². The van der Waals surface area contributed by atoms with Crippen LogP contribution in [0.15, 0.2) is 5.38 Å². The average Bonchev–Trinajstić information content (AvgIpc) is 2.70. The zero-order valence-corrected chi connectivity index (χ0v) is 8.44. The molecule has 0 radical (unpaired) electrons. The van der Waals surface area contributed by atoms with E-state index in [-0.39, 0.29) is 0 Å². The molecule has 0 atom stereocenters. The number of nitrogens with zero attached hydrogens (tertiary/aromatic N) is 1. The molecule has 1 heterocycles. The molecule has 0 spiro atoms. The summed E-state index contributed by atoms with van der Waals surface area (Å²) < 4.78 is 0. The monoisotopic (exact) mass is 197 g/mol. The largest absolute Gasteiger partial charge is 0.271 e. The number of nitrogens with one attached hydrogen (secondary N) is 1. The van der Waals surface area contributed by atoms with Crippen molar-refractivity contribution >= 4 is 11.3 Å². The summed E-state index contributed by atoms with van der Waals surface area (Å²) in [5, 5.41) is 3.28. The van der Waals surface area contributed by atoms with E-state index in [0.717, 1.165) is 10.9 Å². The number of hydrogen-bond donors (Lipinski definition) is 2. The van der Waals surface area contributed by atoms with Gasteiger partial charge in [-0.1, -0.05) is 12.8 Å². The fraction of sp³-hybridized carbons (Fsp3) is 0.667. The molecule has 2 rings (SSSR count). The van der Waals surface area contributed by atoms with Crippen molar-refractivity contribution in [2.24, 2.45) is 5.84 Å². The summed E-state index contributed by atoms with van der Waals surface area (Å²) in [7, 11) is 0. The van der Waals surface area contributed by atoms with Gasteiger partial charge < -0.3 is 0 Å². The zero-order chi connectivity index (χ0) is 9.10. The van der Waals surface area contributed by atoms with Crippen molar-refractivity contribution in [2.75, 3.05) is 0 Å². The van der Waals surface area contributed by atoms with E-state index >= 15 is 0 Å². The minimum Gasteiger partial charge on any atom is -0.271 e. The van der Waals surface area contributed by atoms with Crippen LogP contribution in [0, 0.1) is 0 Å². The van der Waals surface area contributed by atoms with Crippen molar-refractivity contribution < 1.29 is 0 Å². The van der Waals surface area contributed by atoms with Gasteiger partial charge in [-0.15, -0.1) is 11.3 Å². The molecule has 13 heavy (non-hydrogen) atoms. The van der Waals surface area contributed by atoms with Crippen LogP contribution >= 0.6 is 11.3 Å². The lowest BCUT2D eigenvalue weighted by molar-refractivity contribution is 0.686. The number of rotatable bonds is 3. The Morgan fingerprint density at radius 1 is 1.54 bits per heavy atom. The molecule has 0 bridgehead atoms. The lowest BCUT2D eigenvalue weighted by Crippen LogP contribution is -2.20. The van der Waals surface area contributed by atoms with Crippen LogP contribution in [-0.4, -0.2) is 4.98 Å². The van der Waals surface area contributed by atoms with Gasteiger partial charge in [0, 0.05) is 11.3 Å². The molecule has 72 valence electrons. The maximum absolute atomic E-state index is 5.24. The molecule has 1 aromatic rings. The number of thiazole rings is 1. The first kappa shape index (κ1) is 9.12. The Labute approximate surface area is 82.3 Å². The summed E-state index contributed by atoms with van der Waals surface area (Å²) in [4.78, 5) is 4.56. The highest BCUT2D eigenvalue weighted by molar-refractivity contribution is 7.09. The maximum atomic E-state index is 5.24. The third-order valence-electron chi connectivity index (χ3n) is 2.60. The first-order chi connectivity index (χ1) is 6.40. The fourth-order valence-electron chi connectivity index (χ4n) is 1.90. The first-order valence-corrected chi connectivity index (χ1v) is 5.66. The van der Waals surface area contributed by atoms with Crippen molar-refractivity contribution in [1.82, 2.24) is 10.4 Å². The smallest absolute Gasteiger partial charge is 0.108 e. The van der Waals surface area contributed by atoms with Gasteiger partial charge >= 0.3 is 0 Å². The van der Waals surface area contributed by atoms with Crippen LogP contribution in [0.1, 0.15) is 42.3 Å². The van der Waals surface area contributed by atoms with Crippen LogP contribution in [-0.2, 0) is 6.54 Å². The van der Waals surface area contributed by atoms with Crippen LogP contribution in [0.5, 0.6) is 0 Å². The Hall–Kier alpha value is -0.450. The van der Waals surface area contributed by atoms with E-state index in [4.69, 9.17) is 5.84 Å². The highest BCUT2D eigenvalue weighted by Gasteiger charge is 2.19. The molecule has 0 unspecified atom stereocenters. The van der Waals surface area contributed by atoms with Crippen molar-refractivity contribution in [3.63, 3.8) is 0 Å². The lowest BCUT2D eigenvalue weighted by Gasteiger charge is -2.02. The zero-order valence-electron chi connectivity index (χ0n) is 7.62. The van der Waals surface area contributed by atoms with Gasteiger partial charge in [0.25, 0.3) is 0 Å². The molecular formula is C9H15N3S. The Morgan fingerprint density at radius 2 is 2.31 bits per heavy atom. The van der Waals surface area contributed by atoms with Gasteiger partial charge in [0.05, 0.1) is 12.2 Å². The maximum Gasteiger partial charge on any atom is 0.108 e. The second kappa shape index (κ2) is 4.17. The number of hydrogen-bond acceptors (Lipinski definition) is 4. The number of aromatic nitrogens is 1. The van der Waals surface area contributed by atoms with Gasteiger partial charge in [0.1, 0.15) is 5.01 Å². The second-order valence-corrected chi connectivity index (χ2v) is 4.47. The van der Waals surface area contributed by atoms with Gasteiger partial charge in [-0.3, -0.25) is 11.3 Å². The predicted octanol–water partition coefficient (Wildman–Crippen LogP) is 1.76. The van der Waals surface area contributed by atoms with Crippen LogP contribution in [0.2, 0.25) is 0 Å². The molecule has 1 aliphatic rings. The molecule has 3 nitrogen and oxygen atoms in total. The van der Waals surface area contributed by atoms with E-state index in [2.05, 4.69) is 15.8 Å². The molecule has 0 aliphatic heterocycles. The fourth-order valence-corrected chi connectivity index (χ4v) is 2.73.